The van der Waals surface area contributed by atoms with Crippen molar-refractivity contribution in [2.45, 2.75) is 50.8 Å². The molecule has 3 rings (SSSR count). The third-order valence-corrected chi connectivity index (χ3v) is 7.90. The molecule has 0 N–H and O–H groups in total. The number of piperidine rings is 1. The van der Waals surface area contributed by atoms with Crippen LogP contribution in [0.15, 0.2) is 23.1 Å². The minimum Gasteiger partial charge on any atom is -0.338 e. The van der Waals surface area contributed by atoms with E-state index in [1.54, 1.807) is 6.07 Å². The fraction of sp³-hybridized carbons (Fsp3) is 0.650. The summed E-state index contributed by atoms with van der Waals surface area (Å²) in [6, 6.07) is 4.64. The zero-order valence-corrected chi connectivity index (χ0v) is 17.7. The molecule has 2 atom stereocenters. The van der Waals surface area contributed by atoms with Gasteiger partial charge in [0.15, 0.2) is 0 Å². The third kappa shape index (κ3) is 4.66. The van der Waals surface area contributed by atoms with Crippen LogP contribution in [-0.4, -0.2) is 49.7 Å². The topological polar surface area (TPSA) is 57.7 Å². The second-order valence-electron chi connectivity index (χ2n) is 8.12. The predicted octanol–water partition coefficient (Wildman–Crippen LogP) is 4.02. The third-order valence-electron chi connectivity index (χ3n) is 5.52. The van der Waals surface area contributed by atoms with Crippen LogP contribution >= 0.6 is 11.6 Å². The first-order chi connectivity index (χ1) is 12.8. The Morgan fingerprint density at radius 3 is 2.22 bits per heavy atom. The van der Waals surface area contributed by atoms with E-state index >= 15 is 0 Å². The zero-order valence-electron chi connectivity index (χ0n) is 16.2. The molecule has 2 fully saturated rings. The van der Waals surface area contributed by atoms with E-state index in [4.69, 9.17) is 11.6 Å². The molecule has 1 amide bonds. The molecule has 0 saturated carbocycles. The quantitative estimate of drug-likeness (QED) is 0.753. The van der Waals surface area contributed by atoms with E-state index in [-0.39, 0.29) is 15.8 Å². The molecule has 150 valence electrons. The minimum atomic E-state index is -3.69. The summed E-state index contributed by atoms with van der Waals surface area (Å²) in [7, 11) is -3.69. The van der Waals surface area contributed by atoms with Crippen LogP contribution in [-0.2, 0) is 10.0 Å². The van der Waals surface area contributed by atoms with Gasteiger partial charge in [-0.3, -0.25) is 4.79 Å². The van der Waals surface area contributed by atoms with Gasteiger partial charge in [0.25, 0.3) is 5.91 Å². The van der Waals surface area contributed by atoms with E-state index < -0.39 is 10.0 Å². The summed E-state index contributed by atoms with van der Waals surface area (Å²) in [5, 5.41) is 0.177. The number of halogens is 1. The fourth-order valence-corrected chi connectivity index (χ4v) is 6.28. The van der Waals surface area contributed by atoms with Crippen molar-refractivity contribution < 1.29 is 13.2 Å². The van der Waals surface area contributed by atoms with Crippen molar-refractivity contribution in [1.29, 1.82) is 0 Å². The summed E-state index contributed by atoms with van der Waals surface area (Å²) in [4.78, 5) is 14.9. The maximum Gasteiger partial charge on any atom is 0.253 e. The molecule has 2 aliphatic heterocycles. The molecule has 0 aliphatic carbocycles. The molecular weight excluding hydrogens is 384 g/mol. The van der Waals surface area contributed by atoms with Gasteiger partial charge in [0.05, 0.1) is 5.02 Å². The van der Waals surface area contributed by atoms with E-state index in [0.29, 0.717) is 43.6 Å². The van der Waals surface area contributed by atoms with Gasteiger partial charge in [-0.25, -0.2) is 8.42 Å². The standard InChI is InChI=1S/C20H29ClN2O3S/c1-15-11-16(2)14-22(13-15)20(24)17-7-8-18(21)19(12-17)27(25,26)23-9-5-3-4-6-10-23/h7-8,12,15-16H,3-6,9-11,13-14H2,1-2H3/t15-,16-/m1/s1. The predicted molar refractivity (Wildman–Crippen MR) is 108 cm³/mol. The molecule has 0 spiro atoms. The summed E-state index contributed by atoms with van der Waals surface area (Å²) in [6.45, 7) is 6.73. The van der Waals surface area contributed by atoms with Gasteiger partial charge in [-0.2, -0.15) is 4.31 Å². The lowest BCUT2D eigenvalue weighted by Gasteiger charge is -2.35. The van der Waals surface area contributed by atoms with Gasteiger partial charge in [0.2, 0.25) is 10.0 Å². The number of carbonyl (C=O) groups excluding carboxylic acids is 1. The maximum atomic E-state index is 13.1. The van der Waals surface area contributed by atoms with Crippen molar-refractivity contribution >= 4 is 27.5 Å². The molecule has 5 nitrogen and oxygen atoms in total. The number of carbonyl (C=O) groups is 1. The largest absolute Gasteiger partial charge is 0.338 e. The number of nitrogens with zero attached hydrogens (tertiary/aromatic N) is 2. The molecule has 0 aromatic heterocycles. The van der Waals surface area contributed by atoms with Crippen LogP contribution in [0.4, 0.5) is 0 Å². The lowest BCUT2D eigenvalue weighted by Crippen LogP contribution is -2.42. The summed E-state index contributed by atoms with van der Waals surface area (Å²) in [5.41, 5.74) is 0.397. The van der Waals surface area contributed by atoms with Gasteiger partial charge in [0, 0.05) is 31.7 Å². The number of benzene rings is 1. The van der Waals surface area contributed by atoms with Crippen molar-refractivity contribution in [3.05, 3.63) is 28.8 Å². The maximum absolute atomic E-state index is 13.1. The number of likely N-dealkylation sites (tertiary alicyclic amines) is 1. The van der Waals surface area contributed by atoms with Gasteiger partial charge >= 0.3 is 0 Å². The average molecular weight is 413 g/mol. The first-order valence-corrected chi connectivity index (χ1v) is 11.7. The molecular formula is C20H29ClN2O3S. The number of hydrogen-bond acceptors (Lipinski definition) is 3. The van der Waals surface area contributed by atoms with E-state index in [0.717, 1.165) is 32.1 Å². The van der Waals surface area contributed by atoms with Crippen molar-refractivity contribution in [3.63, 3.8) is 0 Å². The van der Waals surface area contributed by atoms with Crippen LogP contribution in [0.5, 0.6) is 0 Å². The van der Waals surface area contributed by atoms with Crippen molar-refractivity contribution in [1.82, 2.24) is 9.21 Å². The Morgan fingerprint density at radius 1 is 1.04 bits per heavy atom. The molecule has 1 aromatic rings. The Hall–Kier alpha value is -1.11. The van der Waals surface area contributed by atoms with Crippen LogP contribution in [0.25, 0.3) is 0 Å². The monoisotopic (exact) mass is 412 g/mol. The molecule has 7 heteroatoms. The molecule has 1 aromatic carbocycles. The van der Waals surface area contributed by atoms with Gasteiger partial charge in [0.1, 0.15) is 4.90 Å². The highest BCUT2D eigenvalue weighted by atomic mass is 35.5. The second kappa shape index (κ2) is 8.50. The molecule has 0 radical (unpaired) electrons. The normalized spacial score (nSPS) is 25.2. The Labute approximate surface area is 167 Å². The highest BCUT2D eigenvalue weighted by molar-refractivity contribution is 7.89. The van der Waals surface area contributed by atoms with Crippen molar-refractivity contribution in [2.24, 2.45) is 11.8 Å². The van der Waals surface area contributed by atoms with E-state index in [9.17, 15) is 13.2 Å². The van der Waals surface area contributed by atoms with Crippen molar-refractivity contribution in [3.8, 4) is 0 Å². The highest BCUT2D eigenvalue weighted by Crippen LogP contribution is 2.29. The molecule has 27 heavy (non-hydrogen) atoms. The number of amides is 1. The van der Waals surface area contributed by atoms with Crippen molar-refractivity contribution in [2.75, 3.05) is 26.2 Å². The van der Waals surface area contributed by atoms with Crippen LogP contribution in [0.1, 0.15) is 56.3 Å². The summed E-state index contributed by atoms with van der Waals surface area (Å²) >= 11 is 6.25. The number of sulfonamides is 1. The number of rotatable bonds is 3. The van der Waals surface area contributed by atoms with Gasteiger partial charge in [-0.15, -0.1) is 0 Å². The second-order valence-corrected chi connectivity index (χ2v) is 10.4. The lowest BCUT2D eigenvalue weighted by atomic mass is 9.91. The fourth-order valence-electron chi connectivity index (χ4n) is 4.27. The van der Waals surface area contributed by atoms with Crippen LogP contribution in [0.2, 0.25) is 5.02 Å². The highest BCUT2D eigenvalue weighted by Gasteiger charge is 2.30. The first-order valence-electron chi connectivity index (χ1n) is 9.88. The summed E-state index contributed by atoms with van der Waals surface area (Å²) in [6.07, 6.45) is 4.92. The van der Waals surface area contributed by atoms with Gasteiger partial charge in [-0.1, -0.05) is 38.3 Å². The van der Waals surface area contributed by atoms with Gasteiger partial charge in [-0.05, 0) is 49.3 Å². The van der Waals surface area contributed by atoms with Crippen LogP contribution in [0.3, 0.4) is 0 Å². The summed E-state index contributed by atoms with van der Waals surface area (Å²) < 4.78 is 27.8. The molecule has 0 unspecified atom stereocenters. The van der Waals surface area contributed by atoms with E-state index in [2.05, 4.69) is 13.8 Å². The Balaban J connectivity index is 1.88. The number of hydrogen-bond donors (Lipinski definition) is 0. The Bertz CT molecular complexity index is 778. The smallest absolute Gasteiger partial charge is 0.253 e. The summed E-state index contributed by atoms with van der Waals surface area (Å²) in [5.74, 6) is 0.785. The Kier molecular flexibility index (Phi) is 6.49. The zero-order chi connectivity index (χ0) is 19.6. The molecule has 2 heterocycles. The van der Waals surface area contributed by atoms with Crippen LogP contribution in [0, 0.1) is 11.8 Å². The van der Waals surface area contributed by atoms with E-state index in [1.165, 1.54) is 16.4 Å². The molecule has 0 bridgehead atoms. The van der Waals surface area contributed by atoms with Crippen LogP contribution < -0.4 is 0 Å². The first kappa shape index (κ1) is 20.6. The average Bonchev–Trinajstić information content (AvgIpc) is 2.90. The SMILES string of the molecule is C[C@@H]1C[C@@H](C)CN(C(=O)c2ccc(Cl)c(S(=O)(=O)N3CCCCCC3)c2)C1. The molecule has 2 saturated heterocycles. The Morgan fingerprint density at radius 2 is 1.63 bits per heavy atom. The van der Waals surface area contributed by atoms with E-state index in [1.807, 2.05) is 4.90 Å². The molecule has 2 aliphatic rings. The lowest BCUT2D eigenvalue weighted by molar-refractivity contribution is 0.0623. The minimum absolute atomic E-state index is 0.0509. The van der Waals surface area contributed by atoms with Gasteiger partial charge < -0.3 is 4.90 Å².